The van der Waals surface area contributed by atoms with Crippen LogP contribution in [0.25, 0.3) is 0 Å². The topological polar surface area (TPSA) is 211 Å². The van der Waals surface area contributed by atoms with E-state index in [1.54, 1.807) is 13.8 Å². The number of aryl methyl sites for hydroxylation is 1. The molecule has 0 bridgehead atoms. The first-order valence-corrected chi connectivity index (χ1v) is 17.1. The number of H-pyrrole nitrogens is 1. The van der Waals surface area contributed by atoms with Crippen molar-refractivity contribution in [3.8, 4) is 11.6 Å². The molecule has 0 radical (unpaired) electrons. The maximum absolute atomic E-state index is 12.3. The van der Waals surface area contributed by atoms with Gasteiger partial charge < -0.3 is 43.6 Å². The molecule has 52 heavy (non-hydrogen) atoms. The average Bonchev–Trinajstić information content (AvgIpc) is 3.43. The average molecular weight is 734 g/mol. The van der Waals surface area contributed by atoms with Crippen LogP contribution in [-0.4, -0.2) is 102 Å². The van der Waals surface area contributed by atoms with Gasteiger partial charge in [0.15, 0.2) is 12.2 Å². The molecule has 16 heteroatoms. The highest BCUT2D eigenvalue weighted by Crippen LogP contribution is 2.35. The number of carbonyl (C=O) groups is 5. The molecule has 1 aromatic carbocycles. The first-order chi connectivity index (χ1) is 24.4. The molecule has 1 aliphatic rings. The second-order valence-corrected chi connectivity index (χ2v) is 13.6. The van der Waals surface area contributed by atoms with Gasteiger partial charge in [-0.3, -0.25) is 29.1 Å². The van der Waals surface area contributed by atoms with Gasteiger partial charge in [-0.25, -0.2) is 0 Å². The number of rotatable bonds is 18. The van der Waals surface area contributed by atoms with Gasteiger partial charge in [0.25, 0.3) is 0 Å². The third-order valence-corrected chi connectivity index (χ3v) is 8.21. The molecule has 16 nitrogen and oxygen atoms in total. The first-order valence-electron chi connectivity index (χ1n) is 17.1. The molecule has 1 aromatic heterocycles. The van der Waals surface area contributed by atoms with Crippen molar-refractivity contribution in [3.05, 3.63) is 40.6 Å². The summed E-state index contributed by atoms with van der Waals surface area (Å²) in [6.45, 7) is 14.9. The smallest absolute Gasteiger partial charge is 0.310 e. The molecule has 1 aliphatic heterocycles. The third kappa shape index (κ3) is 11.9. The zero-order chi connectivity index (χ0) is 38.7. The number of benzene rings is 1. The Bertz CT molecular complexity index is 1570. The van der Waals surface area contributed by atoms with Gasteiger partial charge in [0.1, 0.15) is 18.5 Å². The quantitative estimate of drug-likeness (QED) is 0.114. The Morgan fingerprint density at radius 3 is 2.17 bits per heavy atom. The Morgan fingerprint density at radius 1 is 0.962 bits per heavy atom. The molecule has 3 N–H and O–H groups in total. The number of hydrogen-bond donors (Lipinski definition) is 3. The van der Waals surface area contributed by atoms with Gasteiger partial charge in [0, 0.05) is 51.9 Å². The summed E-state index contributed by atoms with van der Waals surface area (Å²) in [6.07, 6.45) is -5.68. The van der Waals surface area contributed by atoms with Crippen molar-refractivity contribution in [3.63, 3.8) is 0 Å². The molecule has 0 unspecified atom stereocenters. The van der Waals surface area contributed by atoms with Crippen LogP contribution >= 0.6 is 0 Å². The van der Waals surface area contributed by atoms with E-state index in [0.717, 1.165) is 37.6 Å². The lowest BCUT2D eigenvalue weighted by atomic mass is 9.94. The predicted molar refractivity (Wildman–Crippen MR) is 184 cm³/mol. The number of hydrogen-bond acceptors (Lipinski definition) is 14. The van der Waals surface area contributed by atoms with Crippen molar-refractivity contribution in [2.75, 3.05) is 26.3 Å². The molecule has 1 fully saturated rings. The van der Waals surface area contributed by atoms with Crippen molar-refractivity contribution in [2.24, 2.45) is 5.41 Å². The minimum absolute atomic E-state index is 0.00663. The van der Waals surface area contributed by atoms with E-state index in [0.29, 0.717) is 43.9 Å². The van der Waals surface area contributed by atoms with Crippen molar-refractivity contribution < 1.29 is 62.2 Å². The van der Waals surface area contributed by atoms with Gasteiger partial charge in [-0.15, -0.1) is 5.10 Å². The lowest BCUT2D eigenvalue weighted by Gasteiger charge is -2.43. The molecule has 3 rings (SSSR count). The Hall–Kier alpha value is -4.70. The SMILES string of the molecule is CC(=O)OC[C@H]1O[C@@H](Oc2n[nH]c(C(C)C)c2Cc2ccc(OCCCNCC(C)(C)C(=O)O)cc2C)[C@H](OC(C)=O)[C@@H](OC(C)=O)[C@@H]1OC(C)=O. The fraction of sp³-hybridized carbons (Fsp3) is 0.611. The number of aromatic amines is 1. The van der Waals surface area contributed by atoms with Gasteiger partial charge in [-0.1, -0.05) is 19.9 Å². The summed E-state index contributed by atoms with van der Waals surface area (Å²) in [6, 6.07) is 5.72. The zero-order valence-corrected chi connectivity index (χ0v) is 31.2. The van der Waals surface area contributed by atoms with Crippen LogP contribution in [0.3, 0.4) is 0 Å². The summed E-state index contributed by atoms with van der Waals surface area (Å²) >= 11 is 0. The minimum Gasteiger partial charge on any atom is -0.494 e. The Morgan fingerprint density at radius 2 is 1.60 bits per heavy atom. The summed E-state index contributed by atoms with van der Waals surface area (Å²) < 4.78 is 40.1. The van der Waals surface area contributed by atoms with E-state index < -0.39 is 72.6 Å². The van der Waals surface area contributed by atoms with E-state index in [2.05, 4.69) is 15.5 Å². The summed E-state index contributed by atoms with van der Waals surface area (Å²) in [5.41, 5.74) is 2.49. The number of esters is 4. The molecule has 5 atom stereocenters. The normalized spacial score (nSPS) is 20.2. The fourth-order valence-corrected chi connectivity index (χ4v) is 5.51. The van der Waals surface area contributed by atoms with E-state index >= 15 is 0 Å². The van der Waals surface area contributed by atoms with Crippen molar-refractivity contribution >= 4 is 29.8 Å². The number of carboxylic acids is 1. The van der Waals surface area contributed by atoms with Crippen LogP contribution in [0.15, 0.2) is 18.2 Å². The summed E-state index contributed by atoms with van der Waals surface area (Å²) in [7, 11) is 0. The molecule has 0 amide bonds. The van der Waals surface area contributed by atoms with Crippen LogP contribution in [0.5, 0.6) is 11.6 Å². The number of ether oxygens (including phenoxy) is 7. The van der Waals surface area contributed by atoms with E-state index in [4.69, 9.17) is 33.2 Å². The van der Waals surface area contributed by atoms with Crippen LogP contribution in [0.1, 0.15) is 90.1 Å². The van der Waals surface area contributed by atoms with Crippen LogP contribution in [0, 0.1) is 12.3 Å². The lowest BCUT2D eigenvalue weighted by molar-refractivity contribution is -0.289. The number of nitrogens with one attached hydrogen (secondary N) is 2. The maximum atomic E-state index is 12.3. The molecule has 1 saturated heterocycles. The molecule has 2 aromatic rings. The van der Waals surface area contributed by atoms with Gasteiger partial charge in [-0.05, 0) is 62.9 Å². The number of carbonyl (C=O) groups excluding carboxylic acids is 4. The number of aliphatic carboxylic acids is 1. The number of nitrogens with zero attached hydrogens (tertiary/aromatic N) is 1. The van der Waals surface area contributed by atoms with E-state index in [1.807, 2.05) is 39.0 Å². The van der Waals surface area contributed by atoms with Crippen LogP contribution in [0.2, 0.25) is 0 Å². The molecule has 0 aliphatic carbocycles. The molecule has 288 valence electrons. The summed E-state index contributed by atoms with van der Waals surface area (Å²) in [4.78, 5) is 59.6. The van der Waals surface area contributed by atoms with Crippen LogP contribution in [-0.2, 0) is 54.1 Å². The molecule has 0 spiro atoms. The van der Waals surface area contributed by atoms with Crippen LogP contribution < -0.4 is 14.8 Å². The highest BCUT2D eigenvalue weighted by Gasteiger charge is 2.53. The minimum atomic E-state index is -1.44. The van der Waals surface area contributed by atoms with Crippen LogP contribution in [0.4, 0.5) is 0 Å². The summed E-state index contributed by atoms with van der Waals surface area (Å²) in [5, 5.41) is 19.9. The fourth-order valence-electron chi connectivity index (χ4n) is 5.51. The van der Waals surface area contributed by atoms with E-state index in [1.165, 1.54) is 6.92 Å². The lowest BCUT2D eigenvalue weighted by Crippen LogP contribution is -2.63. The first kappa shape index (κ1) is 41.7. The number of carboxylic acid groups (broad SMARTS) is 1. The van der Waals surface area contributed by atoms with E-state index in [9.17, 15) is 29.1 Å². The van der Waals surface area contributed by atoms with Crippen molar-refractivity contribution in [2.45, 2.75) is 112 Å². The van der Waals surface area contributed by atoms with Gasteiger partial charge in [0.05, 0.1) is 12.0 Å². The third-order valence-electron chi connectivity index (χ3n) is 8.21. The molecular formula is C36H51N3O13. The maximum Gasteiger partial charge on any atom is 0.310 e. The molecule has 0 saturated carbocycles. The summed E-state index contributed by atoms with van der Waals surface area (Å²) in [5.74, 6) is -2.94. The molecular weight excluding hydrogens is 682 g/mol. The van der Waals surface area contributed by atoms with E-state index in [-0.39, 0.29) is 11.8 Å². The zero-order valence-electron chi connectivity index (χ0n) is 31.2. The molecule has 2 heterocycles. The van der Waals surface area contributed by atoms with Crippen molar-refractivity contribution in [1.82, 2.24) is 15.5 Å². The second-order valence-electron chi connectivity index (χ2n) is 13.6. The Labute approximate surface area is 303 Å². The van der Waals surface area contributed by atoms with Gasteiger partial charge in [-0.2, -0.15) is 0 Å². The second kappa shape index (κ2) is 18.7. The Balaban J connectivity index is 1.85. The van der Waals surface area contributed by atoms with Gasteiger partial charge >= 0.3 is 29.8 Å². The highest BCUT2D eigenvalue weighted by molar-refractivity contribution is 5.73. The largest absolute Gasteiger partial charge is 0.494 e. The highest BCUT2D eigenvalue weighted by atomic mass is 16.7. The standard InChI is InChI=1S/C36H51N3O13/c1-19(2)29-27(16-25-11-12-26(15-20(25)3)46-14-10-13-37-18-36(8,9)35(44)45)33(39-38-29)52-34-32(50-24(7)43)31(49-23(6)42)30(48-22(5)41)28(51-34)17-47-21(4)40/h11-12,15,19,28,30-32,34,37H,10,13-14,16-18H2,1-9H3,(H,38,39)(H,44,45)/t28-,30-,31+,32-,34+/m1/s1. The van der Waals surface area contributed by atoms with Crippen molar-refractivity contribution in [1.29, 1.82) is 0 Å². The number of aromatic nitrogens is 2. The Kier molecular flexibility index (Phi) is 15.0. The monoisotopic (exact) mass is 733 g/mol. The van der Waals surface area contributed by atoms with Gasteiger partial charge in [0.2, 0.25) is 18.3 Å². The predicted octanol–water partition coefficient (Wildman–Crippen LogP) is 3.36.